The third kappa shape index (κ3) is 32.5. The number of carboxylic acids is 1. The van der Waals surface area contributed by atoms with Crippen LogP contribution in [-0.4, -0.2) is 102 Å². The van der Waals surface area contributed by atoms with E-state index in [1.54, 1.807) is 0 Å². The molecule has 1 saturated heterocycles. The fourth-order valence-electron chi connectivity index (χ4n) is 8.33. The molecule has 1 heterocycles. The Morgan fingerprint density at radius 3 is 1.59 bits per heavy atom. The van der Waals surface area contributed by atoms with Crippen LogP contribution in [0.1, 0.15) is 220 Å². The van der Waals surface area contributed by atoms with Crippen LogP contribution in [0.25, 0.3) is 0 Å². The van der Waals surface area contributed by atoms with Crippen LogP contribution in [-0.2, 0) is 42.5 Å². The normalized spacial score (nSPS) is 19.2. The molecule has 0 spiro atoms. The summed E-state index contributed by atoms with van der Waals surface area (Å²) in [6.07, 6.45) is 26.4. The second kappa shape index (κ2) is 38.9. The third-order valence-electron chi connectivity index (χ3n) is 12.1. The highest BCUT2D eigenvalue weighted by Crippen LogP contribution is 2.41. The minimum Gasteiger partial charge on any atom is -0.480 e. The van der Waals surface area contributed by atoms with Gasteiger partial charge in [-0.1, -0.05) is 194 Å². The molecular formula is C48H91N2O13P. The van der Waals surface area contributed by atoms with Crippen LogP contribution < -0.4 is 10.6 Å². The molecule has 0 aromatic heterocycles. The number of phosphoric acid groups is 1. The Bertz CT molecular complexity index is 1260. The van der Waals surface area contributed by atoms with Crippen LogP contribution in [0.3, 0.4) is 0 Å². The Balaban J connectivity index is 3.16. The molecule has 64 heavy (non-hydrogen) atoms. The lowest BCUT2D eigenvalue weighted by Crippen LogP contribution is -2.62. The Labute approximate surface area is 387 Å². The molecule has 0 bridgehead atoms. The van der Waals surface area contributed by atoms with E-state index in [-0.39, 0.29) is 13.0 Å². The number of aliphatic hydroxyl groups excluding tert-OH is 1. The van der Waals surface area contributed by atoms with Crippen LogP contribution >= 0.6 is 7.82 Å². The van der Waals surface area contributed by atoms with Gasteiger partial charge in [0.15, 0.2) is 6.10 Å². The maximum Gasteiger partial charge on any atom is 0.470 e. The van der Waals surface area contributed by atoms with Crippen molar-refractivity contribution >= 4 is 31.6 Å². The molecule has 1 aliphatic rings. The molecule has 6 N–H and O–H groups in total. The van der Waals surface area contributed by atoms with Crippen molar-refractivity contribution in [1.29, 1.82) is 1.43 Å². The summed E-state index contributed by atoms with van der Waals surface area (Å²) in [5.41, 5.74) is 0. The van der Waals surface area contributed by atoms with Gasteiger partial charge >= 0.3 is 19.8 Å². The van der Waals surface area contributed by atoms with E-state index in [1.807, 2.05) is 0 Å². The van der Waals surface area contributed by atoms with Crippen molar-refractivity contribution in [2.24, 2.45) is 5.92 Å². The van der Waals surface area contributed by atoms with Gasteiger partial charge in [-0.3, -0.25) is 23.7 Å². The number of phosphoric ester groups is 1. The van der Waals surface area contributed by atoms with Crippen LogP contribution in [0.15, 0.2) is 0 Å². The van der Waals surface area contributed by atoms with Crippen molar-refractivity contribution in [3.63, 3.8) is 0 Å². The number of unbranched alkanes of at least 4 members (excludes halogenated alkanes) is 24. The van der Waals surface area contributed by atoms with E-state index < -0.39 is 87.7 Å². The lowest BCUT2D eigenvalue weighted by molar-refractivity contribution is -0.194. The molecule has 6 atom stereocenters. The number of nitrogens with one attached hydrogen (secondary N) is 2. The maximum absolute atomic E-state index is 14.3. The van der Waals surface area contributed by atoms with Gasteiger partial charge < -0.3 is 44.8 Å². The first-order chi connectivity index (χ1) is 31.4. The summed E-state index contributed by atoms with van der Waals surface area (Å²) in [7, 11) is -5.10. The third-order valence-corrected chi connectivity index (χ3v) is 12.6. The molecule has 0 saturated carbocycles. The molecular weight excluding hydrogens is 844 g/mol. The van der Waals surface area contributed by atoms with Gasteiger partial charge in [0, 0.05) is 0 Å². The Morgan fingerprint density at radius 2 is 1.14 bits per heavy atom. The maximum atomic E-state index is 14.3. The van der Waals surface area contributed by atoms with E-state index in [0.717, 1.165) is 77.0 Å². The van der Waals surface area contributed by atoms with Gasteiger partial charge in [-0.05, 0) is 19.3 Å². The minimum atomic E-state index is -5.10. The second-order valence-corrected chi connectivity index (χ2v) is 19.2. The van der Waals surface area contributed by atoms with E-state index in [9.17, 15) is 33.7 Å². The van der Waals surface area contributed by atoms with Crippen LogP contribution in [0.5, 0.6) is 0 Å². The first-order valence-corrected chi connectivity index (χ1v) is 26.9. The summed E-state index contributed by atoms with van der Waals surface area (Å²) in [4.78, 5) is 65.3. The molecule has 0 aliphatic carbocycles. The molecule has 16 heteroatoms. The number of carbonyl (C=O) groups excluding carboxylic acids is 3. The van der Waals surface area contributed by atoms with Crippen molar-refractivity contribution in [3.05, 3.63) is 0 Å². The molecule has 1 fully saturated rings. The zero-order valence-electron chi connectivity index (χ0n) is 41.1. The number of esters is 1. The van der Waals surface area contributed by atoms with Crippen molar-refractivity contribution < 1.29 is 62.5 Å². The molecule has 15 nitrogen and oxygen atoms in total. The highest BCUT2D eigenvalue weighted by Gasteiger charge is 2.48. The number of aliphatic carboxylic acids is 1. The van der Waals surface area contributed by atoms with E-state index in [1.165, 1.54) is 96.3 Å². The lowest BCUT2D eigenvalue weighted by atomic mass is 9.93. The van der Waals surface area contributed by atoms with Crippen LogP contribution in [0.2, 0.25) is 0 Å². The number of rotatable bonds is 44. The molecule has 1 unspecified atom stereocenters. The number of hydrogen-bond donors (Lipinski definition) is 6. The number of ether oxygens (including phenoxy) is 3. The minimum absolute atomic E-state index is 0.230. The Morgan fingerprint density at radius 1 is 0.688 bits per heavy atom. The molecule has 376 valence electrons. The molecule has 0 aromatic rings. The summed E-state index contributed by atoms with van der Waals surface area (Å²) in [6.45, 7) is 4.69. The van der Waals surface area contributed by atoms with Gasteiger partial charge in [0.1, 0.15) is 25.4 Å². The standard InChI is InChI=1S/C48H91N2O13P/c1-4-7-10-13-16-19-20-21-24-27-30-33-40(51)34-43(52)50-41-36-61-42(37-60-38-44(53)49-35-45(54)55)47(63-64(57,58)59)46(41)62-48(56)39(31-28-25-22-17-14-11-8-5-2)32-29-26-23-18-15-12-9-6-3/h39-42,46-47,51H,4-38H2,1-3H3,(H,49,53)(H,50,52)(H,54,55)(H2,57,58,59)/t40-,41+,42-,46-,47-/m1/s1/i/hD. The average Bonchev–Trinajstić information content (AvgIpc) is 3.27. The number of carboxylic acid groups (broad SMARTS) is 1. The van der Waals surface area contributed by atoms with E-state index in [2.05, 4.69) is 36.3 Å². The molecule has 0 radical (unpaired) electrons. The van der Waals surface area contributed by atoms with Crippen molar-refractivity contribution in [2.75, 3.05) is 26.4 Å². The van der Waals surface area contributed by atoms with E-state index in [0.29, 0.717) is 19.3 Å². The predicted octanol–water partition coefficient (Wildman–Crippen LogP) is 9.61. The molecule has 2 amide bonds. The van der Waals surface area contributed by atoms with Gasteiger partial charge in [0.25, 0.3) is 0 Å². The largest absolute Gasteiger partial charge is 0.480 e. The monoisotopic (exact) mass is 936 g/mol. The predicted molar refractivity (Wildman–Crippen MR) is 250 cm³/mol. The second-order valence-electron chi connectivity index (χ2n) is 18.1. The fourth-order valence-corrected chi connectivity index (χ4v) is 8.90. The number of aliphatic hydroxyl groups is 1. The lowest BCUT2D eigenvalue weighted by Gasteiger charge is -2.42. The van der Waals surface area contributed by atoms with Crippen LogP contribution in [0.4, 0.5) is 0 Å². The molecule has 0 aromatic carbocycles. The van der Waals surface area contributed by atoms with Gasteiger partial charge in [-0.2, -0.15) is 0 Å². The SMILES string of the molecule is [2H]OP(=O)(O)O[C@H]1[C@H](OC(=O)C(CCCCCCCCCC)CCCCCCCCCC)[C@@H](NC(=O)C[C@H](O)CCCCCCCCCCCCC)CO[C@@H]1COCC(=O)NCC(=O)O. The number of carbonyl (C=O) groups is 4. The zero-order valence-corrected chi connectivity index (χ0v) is 41.0. The summed E-state index contributed by atoms with van der Waals surface area (Å²) >= 11 is 0. The summed E-state index contributed by atoms with van der Waals surface area (Å²) in [5.74, 6) is -3.59. The van der Waals surface area contributed by atoms with Crippen LogP contribution in [0, 0.1) is 5.92 Å². The number of amides is 2. The summed E-state index contributed by atoms with van der Waals surface area (Å²) in [5, 5.41) is 24.7. The van der Waals surface area contributed by atoms with Gasteiger partial charge in [0.05, 0.1) is 37.7 Å². The van der Waals surface area contributed by atoms with Gasteiger partial charge in [0.2, 0.25) is 13.2 Å². The molecule has 1 aliphatic heterocycles. The highest BCUT2D eigenvalue weighted by molar-refractivity contribution is 7.46. The summed E-state index contributed by atoms with van der Waals surface area (Å²) in [6, 6.07) is -1.10. The van der Waals surface area contributed by atoms with E-state index in [4.69, 9.17) is 25.3 Å². The Kier molecular flexibility index (Phi) is 35.3. The smallest absolute Gasteiger partial charge is 0.470 e. The van der Waals surface area contributed by atoms with Crippen molar-refractivity contribution in [2.45, 2.75) is 250 Å². The van der Waals surface area contributed by atoms with Gasteiger partial charge in [-0.15, -0.1) is 0 Å². The van der Waals surface area contributed by atoms with E-state index >= 15 is 0 Å². The highest BCUT2D eigenvalue weighted by atomic mass is 31.2. The van der Waals surface area contributed by atoms with Gasteiger partial charge in [-0.25, -0.2) is 4.57 Å². The zero-order chi connectivity index (χ0) is 48.0. The van der Waals surface area contributed by atoms with Crippen molar-refractivity contribution in [3.8, 4) is 0 Å². The first kappa shape index (κ1) is 58.0. The first-order valence-electron chi connectivity index (χ1n) is 25.8. The average molecular weight is 936 g/mol. The topological polar surface area (TPSA) is 227 Å². The quantitative estimate of drug-likeness (QED) is 0.0190. The summed E-state index contributed by atoms with van der Waals surface area (Å²) < 4.78 is 43.1. The van der Waals surface area contributed by atoms with Crippen molar-refractivity contribution in [1.82, 2.24) is 10.6 Å². The fraction of sp³-hybridized carbons (Fsp3) is 0.917. The molecule has 1 rings (SSSR count). The Hall–Kier alpha value is -2.13. The number of hydrogen-bond acceptors (Lipinski definition) is 11.